The number of hydrogen-bond acceptors (Lipinski definition) is 9. The topological polar surface area (TPSA) is 154 Å². The molecule has 0 bridgehead atoms. The van der Waals surface area contributed by atoms with Gasteiger partial charge in [0, 0.05) is 23.1 Å². The van der Waals surface area contributed by atoms with E-state index in [0.717, 1.165) is 6.08 Å². The zero-order chi connectivity index (χ0) is 22.7. The molecular formula is C22H26O9. The Kier molecular flexibility index (Phi) is 5.53. The summed E-state index contributed by atoms with van der Waals surface area (Å²) in [5.74, 6) is -3.15. The minimum atomic E-state index is -1.52. The van der Waals surface area contributed by atoms with E-state index >= 15 is 0 Å². The Morgan fingerprint density at radius 1 is 1.23 bits per heavy atom. The van der Waals surface area contributed by atoms with Crippen LogP contribution in [0.2, 0.25) is 0 Å². The first-order valence-electron chi connectivity index (χ1n) is 10.3. The highest BCUT2D eigenvalue weighted by Crippen LogP contribution is 2.46. The number of rotatable bonds is 4. The normalized spacial score (nSPS) is 35.0. The number of fused-ring (bicyclic) bond motifs is 2. The number of phenols is 1. The Morgan fingerprint density at radius 2 is 1.94 bits per heavy atom. The fourth-order valence-electron chi connectivity index (χ4n) is 4.69. The Bertz CT molecular complexity index is 964. The van der Waals surface area contributed by atoms with E-state index in [4.69, 9.17) is 9.47 Å². The van der Waals surface area contributed by atoms with E-state index in [-0.39, 0.29) is 23.1 Å². The standard InChI is InChI=1S/C22H26O9/c1-3-4-13-15-9(7-22(2,29)31-13)5-10-12(24)6-11(17(25)16(10)19(15)27)21-20(28)18(26)14(8-23)30-21/h5-6,13-14,18,20-21,23,26-29H,3-4,7-8H2,1-2H3. The summed E-state index contributed by atoms with van der Waals surface area (Å²) in [4.78, 5) is 26.2. The Balaban J connectivity index is 1.80. The highest BCUT2D eigenvalue weighted by atomic mass is 16.6. The van der Waals surface area contributed by atoms with Gasteiger partial charge in [0.15, 0.2) is 17.4 Å². The van der Waals surface area contributed by atoms with E-state index in [1.165, 1.54) is 13.0 Å². The lowest BCUT2D eigenvalue weighted by Crippen LogP contribution is -2.39. The van der Waals surface area contributed by atoms with Gasteiger partial charge in [-0.15, -0.1) is 0 Å². The Morgan fingerprint density at radius 3 is 2.55 bits per heavy atom. The molecule has 0 spiro atoms. The Labute approximate surface area is 178 Å². The molecule has 1 fully saturated rings. The smallest absolute Gasteiger partial charge is 0.196 e. The number of ether oxygens (including phenoxy) is 2. The average Bonchev–Trinajstić information content (AvgIpc) is 2.97. The highest BCUT2D eigenvalue weighted by molar-refractivity contribution is 6.26. The summed E-state index contributed by atoms with van der Waals surface area (Å²) < 4.78 is 11.1. The predicted octanol–water partition coefficient (Wildman–Crippen LogP) is 0.301. The van der Waals surface area contributed by atoms with Crippen molar-refractivity contribution in [2.24, 2.45) is 0 Å². The summed E-state index contributed by atoms with van der Waals surface area (Å²) in [6.07, 6.45) is -3.81. The zero-order valence-corrected chi connectivity index (χ0v) is 17.2. The van der Waals surface area contributed by atoms with Gasteiger partial charge in [-0.2, -0.15) is 0 Å². The van der Waals surface area contributed by atoms with Crippen LogP contribution in [0.1, 0.15) is 64.6 Å². The molecule has 2 aliphatic heterocycles. The van der Waals surface area contributed by atoms with Crippen molar-refractivity contribution in [1.29, 1.82) is 0 Å². The molecule has 6 unspecified atom stereocenters. The molecule has 4 rings (SSSR count). The number of aliphatic hydroxyl groups excluding tert-OH is 3. The molecule has 1 aliphatic carbocycles. The monoisotopic (exact) mass is 434 g/mol. The van der Waals surface area contributed by atoms with E-state index in [1.54, 1.807) is 0 Å². The first kappa shape index (κ1) is 22.1. The van der Waals surface area contributed by atoms with Crippen LogP contribution in [0.15, 0.2) is 17.7 Å². The zero-order valence-electron chi connectivity index (χ0n) is 17.2. The average molecular weight is 434 g/mol. The molecule has 9 nitrogen and oxygen atoms in total. The van der Waals surface area contributed by atoms with Gasteiger partial charge in [-0.3, -0.25) is 9.59 Å². The van der Waals surface area contributed by atoms with Crippen molar-refractivity contribution >= 4 is 11.6 Å². The van der Waals surface area contributed by atoms with Crippen molar-refractivity contribution in [3.05, 3.63) is 40.0 Å². The summed E-state index contributed by atoms with van der Waals surface area (Å²) in [5.41, 5.74) is 0.452. The lowest BCUT2D eigenvalue weighted by Gasteiger charge is -2.37. The van der Waals surface area contributed by atoms with E-state index < -0.39 is 60.2 Å². The molecule has 5 N–H and O–H groups in total. The second-order valence-corrected chi connectivity index (χ2v) is 8.52. The van der Waals surface area contributed by atoms with Crippen LogP contribution in [0, 0.1) is 0 Å². The SMILES string of the molecule is CCCC1OC(C)(O)Cc2cc3c(c(O)c21)C(=O)C(C1OC(CO)C(O)C1O)=CC3=O. The summed E-state index contributed by atoms with van der Waals surface area (Å²) in [7, 11) is 0. The van der Waals surface area contributed by atoms with Crippen LogP contribution >= 0.6 is 0 Å². The summed E-state index contributed by atoms with van der Waals surface area (Å²) in [6, 6.07) is 1.49. The van der Waals surface area contributed by atoms with Crippen molar-refractivity contribution in [3.8, 4) is 5.75 Å². The van der Waals surface area contributed by atoms with Crippen molar-refractivity contribution < 1.29 is 44.6 Å². The molecule has 2 heterocycles. The third-order valence-corrected chi connectivity index (χ3v) is 6.10. The lowest BCUT2D eigenvalue weighted by atomic mass is 9.79. The summed E-state index contributed by atoms with van der Waals surface area (Å²) >= 11 is 0. The quantitative estimate of drug-likeness (QED) is 0.450. The van der Waals surface area contributed by atoms with Crippen molar-refractivity contribution in [2.75, 3.05) is 6.61 Å². The van der Waals surface area contributed by atoms with Crippen LogP contribution < -0.4 is 0 Å². The summed E-state index contributed by atoms with van der Waals surface area (Å²) in [5, 5.41) is 51.1. The van der Waals surface area contributed by atoms with Crippen LogP contribution in [0.4, 0.5) is 0 Å². The minimum Gasteiger partial charge on any atom is -0.507 e. The number of benzene rings is 1. The van der Waals surface area contributed by atoms with Crippen molar-refractivity contribution in [3.63, 3.8) is 0 Å². The molecule has 1 aromatic rings. The van der Waals surface area contributed by atoms with Gasteiger partial charge in [0.25, 0.3) is 0 Å². The van der Waals surface area contributed by atoms with Gasteiger partial charge in [-0.05, 0) is 31.1 Å². The number of carbonyl (C=O) groups is 2. The fourth-order valence-corrected chi connectivity index (χ4v) is 4.69. The molecule has 1 saturated heterocycles. The Hall–Kier alpha value is -2.14. The number of hydrogen-bond donors (Lipinski definition) is 5. The minimum absolute atomic E-state index is 0.00954. The molecule has 0 amide bonds. The number of aromatic hydroxyl groups is 1. The highest BCUT2D eigenvalue weighted by Gasteiger charge is 2.48. The first-order valence-corrected chi connectivity index (χ1v) is 10.3. The lowest BCUT2D eigenvalue weighted by molar-refractivity contribution is -0.229. The molecule has 6 atom stereocenters. The third-order valence-electron chi connectivity index (χ3n) is 6.10. The molecular weight excluding hydrogens is 408 g/mol. The first-order chi connectivity index (χ1) is 14.6. The molecule has 168 valence electrons. The largest absolute Gasteiger partial charge is 0.507 e. The van der Waals surface area contributed by atoms with Crippen molar-refractivity contribution in [2.45, 2.75) is 69.4 Å². The number of allylic oxidation sites excluding steroid dienone is 1. The number of carbonyl (C=O) groups excluding carboxylic acids is 2. The number of phenolic OH excluding ortho intramolecular Hbond substituents is 1. The summed E-state index contributed by atoms with van der Waals surface area (Å²) in [6.45, 7) is 2.84. The van der Waals surface area contributed by atoms with Crippen molar-refractivity contribution in [1.82, 2.24) is 0 Å². The number of aliphatic hydroxyl groups is 4. The molecule has 1 aromatic carbocycles. The van der Waals surface area contributed by atoms with Gasteiger partial charge >= 0.3 is 0 Å². The van der Waals surface area contributed by atoms with Gasteiger partial charge in [0.2, 0.25) is 0 Å². The van der Waals surface area contributed by atoms with Gasteiger partial charge in [-0.1, -0.05) is 13.3 Å². The van der Waals surface area contributed by atoms with Gasteiger partial charge in [0.05, 0.1) is 18.3 Å². The third kappa shape index (κ3) is 3.51. The van der Waals surface area contributed by atoms with Crippen LogP contribution in [0.3, 0.4) is 0 Å². The second-order valence-electron chi connectivity index (χ2n) is 8.52. The number of ketones is 2. The maximum absolute atomic E-state index is 13.3. The molecule has 0 radical (unpaired) electrons. The van der Waals surface area contributed by atoms with E-state index in [1.807, 2.05) is 6.92 Å². The molecule has 0 saturated carbocycles. The van der Waals surface area contributed by atoms with E-state index in [0.29, 0.717) is 24.0 Å². The predicted molar refractivity (Wildman–Crippen MR) is 106 cm³/mol. The second kappa shape index (κ2) is 7.77. The van der Waals surface area contributed by atoms with Gasteiger partial charge in [0.1, 0.15) is 30.2 Å². The van der Waals surface area contributed by atoms with Crippen LogP contribution in [-0.2, 0) is 15.9 Å². The maximum atomic E-state index is 13.3. The number of Topliss-reactive ketones (excluding diaryl/α,β-unsaturated/α-hetero) is 1. The molecule has 9 heteroatoms. The van der Waals surface area contributed by atoms with Crippen LogP contribution in [0.25, 0.3) is 0 Å². The molecule has 0 aromatic heterocycles. The molecule has 31 heavy (non-hydrogen) atoms. The van der Waals surface area contributed by atoms with E-state index in [9.17, 15) is 35.1 Å². The van der Waals surface area contributed by atoms with Gasteiger partial charge < -0.3 is 35.0 Å². The van der Waals surface area contributed by atoms with E-state index in [2.05, 4.69) is 0 Å². The van der Waals surface area contributed by atoms with Gasteiger partial charge in [-0.25, -0.2) is 0 Å². The maximum Gasteiger partial charge on any atom is 0.196 e. The molecule has 3 aliphatic rings. The fraction of sp³-hybridized carbons (Fsp3) is 0.545. The van der Waals surface area contributed by atoms with Crippen LogP contribution in [-0.4, -0.2) is 73.9 Å². The van der Waals surface area contributed by atoms with Crippen LogP contribution in [0.5, 0.6) is 5.75 Å².